The lowest BCUT2D eigenvalue weighted by atomic mass is 10.1. The molecule has 3 aromatic rings. The van der Waals surface area contributed by atoms with Crippen LogP contribution in [0.25, 0.3) is 17.0 Å². The first-order valence-corrected chi connectivity index (χ1v) is 7.47. The number of rotatable bonds is 4. The molecule has 3 nitrogen and oxygen atoms in total. The summed E-state index contributed by atoms with van der Waals surface area (Å²) in [6.45, 7) is 4.16. The van der Waals surface area contributed by atoms with Crippen LogP contribution in [0.3, 0.4) is 0 Å². The lowest BCUT2D eigenvalue weighted by Crippen LogP contribution is -2.11. The topological polar surface area (TPSA) is 42.2 Å². The average molecular weight is 345 g/mol. The van der Waals surface area contributed by atoms with E-state index in [9.17, 15) is 18.0 Å². The third-order valence-corrected chi connectivity index (χ3v) is 3.76. The summed E-state index contributed by atoms with van der Waals surface area (Å²) in [5.41, 5.74) is 0.420. The van der Waals surface area contributed by atoms with Crippen LogP contribution in [0, 0.1) is 0 Å². The highest BCUT2D eigenvalue weighted by atomic mass is 19.4. The lowest BCUT2D eigenvalue weighted by molar-refractivity contribution is -0.136. The Morgan fingerprint density at radius 3 is 2.44 bits per heavy atom. The molecule has 0 bridgehead atoms. The molecule has 1 N–H and O–H groups in total. The van der Waals surface area contributed by atoms with Crippen LogP contribution in [0.2, 0.25) is 0 Å². The maximum atomic E-state index is 13.0. The third-order valence-electron chi connectivity index (χ3n) is 3.76. The maximum Gasteiger partial charge on any atom is 0.417 e. The van der Waals surface area contributed by atoms with E-state index in [1.165, 1.54) is 18.2 Å². The summed E-state index contributed by atoms with van der Waals surface area (Å²) in [6.07, 6.45) is -2.88. The SMILES string of the molecule is C=Cc1ccc(CNc2ccc3c(C(F)(F)F)cc(=O)oc3c2)cc1. The fourth-order valence-electron chi connectivity index (χ4n) is 2.48. The van der Waals surface area contributed by atoms with Crippen molar-refractivity contribution in [3.8, 4) is 0 Å². The smallest absolute Gasteiger partial charge is 0.417 e. The molecule has 1 aromatic heterocycles. The maximum absolute atomic E-state index is 13.0. The van der Waals surface area contributed by atoms with E-state index in [1.54, 1.807) is 6.08 Å². The zero-order chi connectivity index (χ0) is 18.0. The van der Waals surface area contributed by atoms with Crippen LogP contribution in [-0.4, -0.2) is 0 Å². The largest absolute Gasteiger partial charge is 0.423 e. The predicted molar refractivity (Wildman–Crippen MR) is 91.3 cm³/mol. The molecule has 0 aliphatic heterocycles. The van der Waals surface area contributed by atoms with Crippen LogP contribution >= 0.6 is 0 Å². The van der Waals surface area contributed by atoms with Gasteiger partial charge in [-0.15, -0.1) is 0 Å². The normalized spacial score (nSPS) is 11.5. The highest BCUT2D eigenvalue weighted by Gasteiger charge is 2.33. The Morgan fingerprint density at radius 1 is 1.08 bits per heavy atom. The van der Waals surface area contributed by atoms with Crippen molar-refractivity contribution in [1.29, 1.82) is 0 Å². The van der Waals surface area contributed by atoms with Gasteiger partial charge in [0.05, 0.1) is 5.56 Å². The van der Waals surface area contributed by atoms with Gasteiger partial charge in [0.1, 0.15) is 5.58 Å². The van der Waals surface area contributed by atoms with Gasteiger partial charge in [-0.2, -0.15) is 13.2 Å². The minimum atomic E-state index is -4.62. The van der Waals surface area contributed by atoms with Gasteiger partial charge in [-0.3, -0.25) is 0 Å². The Bertz CT molecular complexity index is 973. The number of benzene rings is 2. The average Bonchev–Trinajstić information content (AvgIpc) is 2.58. The van der Waals surface area contributed by atoms with E-state index in [-0.39, 0.29) is 11.0 Å². The van der Waals surface area contributed by atoms with Crippen LogP contribution in [0.4, 0.5) is 18.9 Å². The molecule has 1 heterocycles. The zero-order valence-corrected chi connectivity index (χ0v) is 13.1. The molecular weight excluding hydrogens is 331 g/mol. The summed E-state index contributed by atoms with van der Waals surface area (Å²) < 4.78 is 44.0. The van der Waals surface area contributed by atoms with Gasteiger partial charge in [0.2, 0.25) is 0 Å². The minimum Gasteiger partial charge on any atom is -0.423 e. The first-order valence-electron chi connectivity index (χ1n) is 7.47. The third kappa shape index (κ3) is 3.74. The molecule has 0 aliphatic rings. The van der Waals surface area contributed by atoms with Gasteiger partial charge < -0.3 is 9.73 Å². The Morgan fingerprint density at radius 2 is 1.80 bits per heavy atom. The molecule has 3 rings (SSSR count). The molecule has 0 fully saturated rings. The highest BCUT2D eigenvalue weighted by Crippen LogP contribution is 2.34. The molecule has 0 radical (unpaired) electrons. The Labute approximate surface area is 141 Å². The zero-order valence-electron chi connectivity index (χ0n) is 13.1. The van der Waals surface area contributed by atoms with E-state index >= 15 is 0 Å². The van der Waals surface area contributed by atoms with Crippen LogP contribution in [0.15, 0.2) is 64.3 Å². The number of nitrogens with one attached hydrogen (secondary N) is 1. The van der Waals surface area contributed by atoms with Gasteiger partial charge in [0.15, 0.2) is 0 Å². The van der Waals surface area contributed by atoms with Crippen LogP contribution in [0.5, 0.6) is 0 Å². The Hall–Kier alpha value is -3.02. The lowest BCUT2D eigenvalue weighted by Gasteiger charge is -2.11. The first-order chi connectivity index (χ1) is 11.9. The number of alkyl halides is 3. The van der Waals surface area contributed by atoms with E-state index in [0.29, 0.717) is 18.3 Å². The number of anilines is 1. The Kier molecular flexibility index (Phi) is 4.35. The highest BCUT2D eigenvalue weighted by molar-refractivity contribution is 5.84. The number of hydrogen-bond acceptors (Lipinski definition) is 3. The fourth-order valence-corrected chi connectivity index (χ4v) is 2.48. The molecule has 25 heavy (non-hydrogen) atoms. The van der Waals surface area contributed by atoms with Gasteiger partial charge in [0, 0.05) is 29.8 Å². The number of halogens is 3. The molecular formula is C19H14F3NO2. The first kappa shape index (κ1) is 16.8. The molecule has 0 atom stereocenters. The molecule has 6 heteroatoms. The molecule has 0 saturated carbocycles. The van der Waals surface area contributed by atoms with Crippen molar-refractivity contribution in [3.63, 3.8) is 0 Å². The van der Waals surface area contributed by atoms with Crippen molar-refractivity contribution in [2.24, 2.45) is 0 Å². The number of hydrogen-bond donors (Lipinski definition) is 1. The van der Waals surface area contributed by atoms with Crippen molar-refractivity contribution >= 4 is 22.7 Å². The monoisotopic (exact) mass is 345 g/mol. The molecule has 0 spiro atoms. The van der Waals surface area contributed by atoms with E-state index in [2.05, 4.69) is 11.9 Å². The summed E-state index contributed by atoms with van der Waals surface area (Å²) in [4.78, 5) is 11.4. The van der Waals surface area contributed by atoms with Gasteiger partial charge in [-0.05, 0) is 23.3 Å². The van der Waals surface area contributed by atoms with Crippen molar-refractivity contribution in [1.82, 2.24) is 0 Å². The molecule has 2 aromatic carbocycles. The van der Waals surface area contributed by atoms with Crippen LogP contribution < -0.4 is 10.9 Å². The standard InChI is InChI=1S/C19H14F3NO2/c1-2-12-3-5-13(6-4-12)11-23-14-7-8-15-16(19(20,21)22)10-18(24)25-17(15)9-14/h2-10,23H,1,11H2. The molecule has 0 amide bonds. The predicted octanol–water partition coefficient (Wildman–Crippen LogP) is 5.07. The van der Waals surface area contributed by atoms with E-state index in [4.69, 9.17) is 4.42 Å². The van der Waals surface area contributed by atoms with E-state index in [0.717, 1.165) is 11.1 Å². The summed E-state index contributed by atoms with van der Waals surface area (Å²) in [5.74, 6) is 0. The molecule has 0 saturated heterocycles. The van der Waals surface area contributed by atoms with Crippen molar-refractivity contribution < 1.29 is 17.6 Å². The quantitative estimate of drug-likeness (QED) is 0.672. The Balaban J connectivity index is 1.88. The van der Waals surface area contributed by atoms with Gasteiger partial charge in [-0.25, -0.2) is 4.79 Å². The summed E-state index contributed by atoms with van der Waals surface area (Å²) >= 11 is 0. The summed E-state index contributed by atoms with van der Waals surface area (Å²) in [6, 6.07) is 12.4. The fraction of sp³-hybridized carbons (Fsp3) is 0.105. The van der Waals surface area contributed by atoms with Gasteiger partial charge >= 0.3 is 11.8 Å². The van der Waals surface area contributed by atoms with E-state index < -0.39 is 17.4 Å². The second-order valence-electron chi connectivity index (χ2n) is 5.49. The van der Waals surface area contributed by atoms with Crippen LogP contribution in [-0.2, 0) is 12.7 Å². The summed E-state index contributed by atoms with van der Waals surface area (Å²) in [7, 11) is 0. The van der Waals surface area contributed by atoms with Crippen molar-refractivity contribution in [2.45, 2.75) is 12.7 Å². The second kappa shape index (κ2) is 6.47. The van der Waals surface area contributed by atoms with E-state index in [1.807, 2.05) is 24.3 Å². The number of fused-ring (bicyclic) bond motifs is 1. The van der Waals surface area contributed by atoms with Crippen LogP contribution in [0.1, 0.15) is 16.7 Å². The van der Waals surface area contributed by atoms with Gasteiger partial charge in [0.25, 0.3) is 0 Å². The molecule has 0 aliphatic carbocycles. The molecule has 128 valence electrons. The van der Waals surface area contributed by atoms with Crippen molar-refractivity contribution in [2.75, 3.05) is 5.32 Å². The molecule has 0 unspecified atom stereocenters. The van der Waals surface area contributed by atoms with Crippen molar-refractivity contribution in [3.05, 3.63) is 82.2 Å². The van der Waals surface area contributed by atoms with Gasteiger partial charge in [-0.1, -0.05) is 36.9 Å². The minimum absolute atomic E-state index is 0.105. The second-order valence-corrected chi connectivity index (χ2v) is 5.49. The summed E-state index contributed by atoms with van der Waals surface area (Å²) in [5, 5.41) is 2.95.